The minimum Gasteiger partial charge on any atom is -0.324 e. The van der Waals surface area contributed by atoms with Gasteiger partial charge < -0.3 is 5.32 Å². The molecule has 0 aliphatic carbocycles. The second kappa shape index (κ2) is 10.8. The molecule has 0 saturated carbocycles. The summed E-state index contributed by atoms with van der Waals surface area (Å²) in [7, 11) is -3.93. The third-order valence-corrected chi connectivity index (χ3v) is 7.82. The fraction of sp³-hybridized carbons (Fsp3) is 0.240. The molecule has 8 heteroatoms. The minimum atomic E-state index is -3.93. The zero-order valence-electron chi connectivity index (χ0n) is 18.7. The lowest BCUT2D eigenvalue weighted by Crippen LogP contribution is -2.37. The maximum atomic E-state index is 13.4. The van der Waals surface area contributed by atoms with Crippen LogP contribution in [0.3, 0.4) is 0 Å². The number of para-hydroxylation sites is 1. The first-order valence-electron chi connectivity index (χ1n) is 10.5. The number of carbonyl (C=O) groups excluding carboxylic acids is 1. The second-order valence-electron chi connectivity index (χ2n) is 8.10. The van der Waals surface area contributed by atoms with Crippen molar-refractivity contribution in [3.05, 3.63) is 92.9 Å². The quantitative estimate of drug-likeness (QED) is 0.355. The number of hydrogen-bond donors (Lipinski definition) is 1. The molecular formula is C25H26BrClN2O3S. The van der Waals surface area contributed by atoms with Gasteiger partial charge in [0.25, 0.3) is 0 Å². The fourth-order valence-corrected chi connectivity index (χ4v) is 5.23. The summed E-state index contributed by atoms with van der Waals surface area (Å²) in [5.74, 6) is -0.197. The maximum Gasteiger partial charge on any atom is 0.243 e. The van der Waals surface area contributed by atoms with Gasteiger partial charge >= 0.3 is 0 Å². The average Bonchev–Trinajstić information content (AvgIpc) is 2.76. The van der Waals surface area contributed by atoms with Gasteiger partial charge in [0.1, 0.15) is 0 Å². The largest absolute Gasteiger partial charge is 0.324 e. The van der Waals surface area contributed by atoms with E-state index in [9.17, 15) is 13.2 Å². The highest BCUT2D eigenvalue weighted by atomic mass is 79.9. The summed E-state index contributed by atoms with van der Waals surface area (Å²) < 4.78 is 28.8. The van der Waals surface area contributed by atoms with E-state index in [2.05, 4.69) is 35.1 Å². The minimum absolute atomic E-state index is 0.0355. The van der Waals surface area contributed by atoms with Crippen LogP contribution in [0.15, 0.2) is 76.1 Å². The number of anilines is 1. The molecule has 3 aromatic carbocycles. The fourth-order valence-electron chi connectivity index (χ4n) is 3.46. The highest BCUT2D eigenvalue weighted by molar-refractivity contribution is 9.10. The van der Waals surface area contributed by atoms with E-state index in [0.717, 1.165) is 26.9 Å². The summed E-state index contributed by atoms with van der Waals surface area (Å²) in [6.07, 6.45) is 0. The number of nitrogens with zero attached hydrogens (tertiary/aromatic N) is 1. The summed E-state index contributed by atoms with van der Waals surface area (Å²) in [5, 5.41) is 3.50. The molecule has 5 nitrogen and oxygen atoms in total. The molecule has 0 radical (unpaired) electrons. The standard InChI is InChI=1S/C25H26BrClN2O3S/c1-17(2)23-6-4-5-18(3)25(23)28-24(30)16-29(15-19-7-11-21(27)12-8-19)33(31,32)22-13-9-20(26)10-14-22/h4-14,17H,15-16H2,1-3H3,(H,28,30). The Morgan fingerprint density at radius 3 is 2.27 bits per heavy atom. The van der Waals surface area contributed by atoms with Crippen LogP contribution in [0, 0.1) is 6.92 Å². The Bertz CT molecular complexity index is 1230. The molecule has 0 heterocycles. The van der Waals surface area contributed by atoms with E-state index in [1.54, 1.807) is 36.4 Å². The lowest BCUT2D eigenvalue weighted by Gasteiger charge is -2.23. The summed E-state index contributed by atoms with van der Waals surface area (Å²) in [5.41, 5.74) is 3.38. The Kier molecular flexibility index (Phi) is 8.34. The number of hydrogen-bond acceptors (Lipinski definition) is 3. The Balaban J connectivity index is 1.92. The Morgan fingerprint density at radius 1 is 1.03 bits per heavy atom. The average molecular weight is 550 g/mol. The summed E-state index contributed by atoms with van der Waals surface area (Å²) in [4.78, 5) is 13.2. The molecule has 0 spiro atoms. The highest BCUT2D eigenvalue weighted by Gasteiger charge is 2.27. The Morgan fingerprint density at radius 2 is 1.67 bits per heavy atom. The van der Waals surface area contributed by atoms with Crippen LogP contribution >= 0.6 is 27.5 Å². The molecule has 33 heavy (non-hydrogen) atoms. The van der Waals surface area contributed by atoms with Crippen molar-refractivity contribution in [1.29, 1.82) is 0 Å². The normalized spacial score (nSPS) is 11.7. The van der Waals surface area contributed by atoms with Crippen LogP contribution in [0.5, 0.6) is 0 Å². The van der Waals surface area contributed by atoms with E-state index in [-0.39, 0.29) is 23.9 Å². The van der Waals surface area contributed by atoms with Crippen molar-refractivity contribution in [2.24, 2.45) is 0 Å². The molecule has 1 N–H and O–H groups in total. The summed E-state index contributed by atoms with van der Waals surface area (Å²) in [6, 6.07) is 19.1. The van der Waals surface area contributed by atoms with Gasteiger partial charge in [0, 0.05) is 21.7 Å². The second-order valence-corrected chi connectivity index (χ2v) is 11.4. The van der Waals surface area contributed by atoms with Crippen LogP contribution in [-0.2, 0) is 21.4 Å². The zero-order valence-corrected chi connectivity index (χ0v) is 21.8. The van der Waals surface area contributed by atoms with Gasteiger partial charge in [0.2, 0.25) is 15.9 Å². The Hall–Kier alpha value is -2.19. The van der Waals surface area contributed by atoms with E-state index in [1.165, 1.54) is 16.4 Å². The highest BCUT2D eigenvalue weighted by Crippen LogP contribution is 2.28. The first-order chi connectivity index (χ1) is 15.6. The predicted molar refractivity (Wildman–Crippen MR) is 137 cm³/mol. The molecule has 0 unspecified atom stereocenters. The molecule has 3 aromatic rings. The number of amides is 1. The molecule has 0 aromatic heterocycles. The molecule has 1 amide bonds. The van der Waals surface area contributed by atoms with Gasteiger partial charge in [0.15, 0.2) is 0 Å². The number of benzene rings is 3. The van der Waals surface area contributed by atoms with E-state index in [4.69, 9.17) is 11.6 Å². The lowest BCUT2D eigenvalue weighted by atomic mass is 9.98. The first-order valence-corrected chi connectivity index (χ1v) is 13.1. The summed E-state index contributed by atoms with van der Waals surface area (Å²) in [6.45, 7) is 5.73. The van der Waals surface area contributed by atoms with Crippen LogP contribution in [0.1, 0.15) is 36.5 Å². The van der Waals surface area contributed by atoms with Crippen molar-refractivity contribution in [3.8, 4) is 0 Å². The van der Waals surface area contributed by atoms with Crippen LogP contribution in [0.2, 0.25) is 5.02 Å². The van der Waals surface area contributed by atoms with Gasteiger partial charge in [-0.1, -0.05) is 71.7 Å². The molecule has 0 atom stereocenters. The predicted octanol–water partition coefficient (Wildman–Crippen LogP) is 6.36. The molecule has 0 bridgehead atoms. The van der Waals surface area contributed by atoms with E-state index < -0.39 is 15.9 Å². The van der Waals surface area contributed by atoms with Gasteiger partial charge in [0.05, 0.1) is 11.4 Å². The van der Waals surface area contributed by atoms with Crippen molar-refractivity contribution in [3.63, 3.8) is 0 Å². The Labute approximate surface area is 209 Å². The third kappa shape index (κ3) is 6.44. The van der Waals surface area contributed by atoms with Crippen LogP contribution in [0.25, 0.3) is 0 Å². The molecular weight excluding hydrogens is 524 g/mol. The molecule has 0 aliphatic heterocycles. The van der Waals surface area contributed by atoms with Gasteiger partial charge in [-0.05, 0) is 65.9 Å². The molecule has 0 aliphatic rings. The molecule has 174 valence electrons. The van der Waals surface area contributed by atoms with Crippen molar-refractivity contribution in [2.75, 3.05) is 11.9 Å². The van der Waals surface area contributed by atoms with Gasteiger partial charge in [-0.25, -0.2) is 8.42 Å². The number of carbonyl (C=O) groups is 1. The SMILES string of the molecule is Cc1cccc(C(C)C)c1NC(=O)CN(Cc1ccc(Cl)cc1)S(=O)(=O)c1ccc(Br)cc1. The van der Waals surface area contributed by atoms with Crippen LogP contribution in [-0.4, -0.2) is 25.2 Å². The first kappa shape index (κ1) is 25.4. The van der Waals surface area contributed by atoms with Crippen molar-refractivity contribution in [1.82, 2.24) is 4.31 Å². The molecule has 3 rings (SSSR count). The molecule has 0 saturated heterocycles. The van der Waals surface area contributed by atoms with E-state index in [1.807, 2.05) is 25.1 Å². The van der Waals surface area contributed by atoms with Crippen LogP contribution < -0.4 is 5.32 Å². The summed E-state index contributed by atoms with van der Waals surface area (Å²) >= 11 is 9.31. The number of nitrogens with one attached hydrogen (secondary N) is 1. The smallest absolute Gasteiger partial charge is 0.243 e. The van der Waals surface area contributed by atoms with Crippen molar-refractivity contribution in [2.45, 2.75) is 38.1 Å². The van der Waals surface area contributed by atoms with E-state index in [0.29, 0.717) is 5.02 Å². The number of sulfonamides is 1. The number of halogens is 2. The monoisotopic (exact) mass is 548 g/mol. The van der Waals surface area contributed by atoms with Gasteiger partial charge in [-0.15, -0.1) is 0 Å². The number of rotatable bonds is 8. The topological polar surface area (TPSA) is 66.5 Å². The van der Waals surface area contributed by atoms with E-state index >= 15 is 0 Å². The number of aryl methyl sites for hydroxylation is 1. The van der Waals surface area contributed by atoms with Crippen molar-refractivity contribution < 1.29 is 13.2 Å². The molecule has 0 fully saturated rings. The lowest BCUT2D eigenvalue weighted by molar-refractivity contribution is -0.116. The maximum absolute atomic E-state index is 13.4. The van der Waals surface area contributed by atoms with Gasteiger partial charge in [-0.3, -0.25) is 4.79 Å². The van der Waals surface area contributed by atoms with Crippen LogP contribution in [0.4, 0.5) is 5.69 Å². The zero-order chi connectivity index (χ0) is 24.2. The third-order valence-electron chi connectivity index (χ3n) is 5.24. The van der Waals surface area contributed by atoms with Crippen molar-refractivity contribution >= 4 is 49.1 Å². The van der Waals surface area contributed by atoms with Gasteiger partial charge in [-0.2, -0.15) is 4.31 Å².